The van der Waals surface area contributed by atoms with Gasteiger partial charge >= 0.3 is 5.97 Å². The maximum Gasteiger partial charge on any atom is 0.337 e. The molecule has 2 rings (SSSR count). The fourth-order valence-corrected chi connectivity index (χ4v) is 2.55. The quantitative estimate of drug-likeness (QED) is 0.693. The maximum atomic E-state index is 11.5. The van der Waals surface area contributed by atoms with Crippen molar-refractivity contribution < 1.29 is 18.3 Å². The lowest BCUT2D eigenvalue weighted by molar-refractivity contribution is 0.0600. The van der Waals surface area contributed by atoms with E-state index in [0.717, 1.165) is 11.4 Å². The molecule has 0 saturated heterocycles. The van der Waals surface area contributed by atoms with Crippen LogP contribution in [0.1, 0.15) is 21.6 Å². The molecule has 0 aliphatic heterocycles. The third kappa shape index (κ3) is 2.97. The number of hydrogen-bond acceptors (Lipinski definition) is 3. The fraction of sp³-hybridized carbons (Fsp3) is 0.214. The van der Waals surface area contributed by atoms with Crippen LogP contribution in [0.2, 0.25) is 0 Å². The Kier molecular flexibility index (Phi) is 4.36. The van der Waals surface area contributed by atoms with Crippen molar-refractivity contribution >= 4 is 17.0 Å². The summed E-state index contributed by atoms with van der Waals surface area (Å²) in [5.41, 5.74) is 2.76. The molecule has 20 heavy (non-hydrogen) atoms. The van der Waals surface area contributed by atoms with Crippen LogP contribution in [0.3, 0.4) is 0 Å². The molecular formula is C14H15NO4S. The number of rotatable bonds is 4. The molecule has 0 aliphatic rings. The van der Waals surface area contributed by atoms with E-state index in [1.807, 2.05) is 29.8 Å². The lowest BCUT2D eigenvalue weighted by Crippen LogP contribution is -2.07. The van der Waals surface area contributed by atoms with Gasteiger partial charge in [-0.15, -0.1) is 0 Å². The van der Waals surface area contributed by atoms with Crippen molar-refractivity contribution in [2.75, 3.05) is 7.11 Å². The van der Waals surface area contributed by atoms with Gasteiger partial charge in [0.2, 0.25) is 0 Å². The van der Waals surface area contributed by atoms with Crippen LogP contribution in [0.15, 0.2) is 36.5 Å². The third-order valence-electron chi connectivity index (χ3n) is 2.99. The monoisotopic (exact) mass is 293 g/mol. The minimum atomic E-state index is -1.98. The second-order valence-electron chi connectivity index (χ2n) is 4.32. The molecule has 0 saturated carbocycles. The topological polar surface area (TPSA) is 68.5 Å². The first-order valence-corrected chi connectivity index (χ1v) is 7.23. The van der Waals surface area contributed by atoms with Gasteiger partial charge in [0.1, 0.15) is 0 Å². The molecule has 0 radical (unpaired) electrons. The average molecular weight is 293 g/mol. The molecule has 6 heteroatoms. The van der Waals surface area contributed by atoms with E-state index in [9.17, 15) is 9.00 Å². The van der Waals surface area contributed by atoms with E-state index in [-0.39, 0.29) is 5.75 Å². The second-order valence-corrected chi connectivity index (χ2v) is 5.25. The standard InChI is InChI=1S/C14H15NO4S/c1-10-4-3-7-15(10)13-6-5-11(14(16)19-2)8-12(13)9-20(17)18/h3-8H,9H2,1-2H3,(H,17,18). The second kappa shape index (κ2) is 6.02. The van der Waals surface area contributed by atoms with Gasteiger partial charge in [0.25, 0.3) is 0 Å². The Hall–Kier alpha value is -1.92. The molecule has 106 valence electrons. The molecule has 0 fully saturated rings. The highest BCUT2D eigenvalue weighted by Gasteiger charge is 2.13. The molecule has 1 heterocycles. The SMILES string of the molecule is COC(=O)c1ccc(-n2cccc2C)c(CS(=O)O)c1. The predicted molar refractivity (Wildman–Crippen MR) is 76.3 cm³/mol. The summed E-state index contributed by atoms with van der Waals surface area (Å²) in [6.45, 7) is 1.94. The Morgan fingerprint density at radius 2 is 2.15 bits per heavy atom. The number of aryl methyl sites for hydroxylation is 1. The number of ether oxygens (including phenoxy) is 1. The summed E-state index contributed by atoms with van der Waals surface area (Å²) < 4.78 is 26.8. The predicted octanol–water partition coefficient (Wildman–Crippen LogP) is 2.29. The Balaban J connectivity index is 2.54. The summed E-state index contributed by atoms with van der Waals surface area (Å²) in [6.07, 6.45) is 1.87. The van der Waals surface area contributed by atoms with Gasteiger partial charge in [-0.3, -0.25) is 0 Å². The van der Waals surface area contributed by atoms with Gasteiger partial charge in [-0.2, -0.15) is 0 Å². The van der Waals surface area contributed by atoms with E-state index < -0.39 is 17.0 Å². The zero-order chi connectivity index (χ0) is 14.7. The summed E-state index contributed by atoms with van der Waals surface area (Å²) >= 11 is -1.98. The van der Waals surface area contributed by atoms with E-state index in [4.69, 9.17) is 4.55 Å². The molecule has 1 aromatic heterocycles. The van der Waals surface area contributed by atoms with E-state index in [1.54, 1.807) is 18.2 Å². The maximum absolute atomic E-state index is 11.5. The highest BCUT2D eigenvalue weighted by molar-refractivity contribution is 7.78. The Morgan fingerprint density at radius 1 is 1.40 bits per heavy atom. The molecular weight excluding hydrogens is 278 g/mol. The van der Waals surface area contributed by atoms with Crippen LogP contribution in [-0.2, 0) is 21.6 Å². The minimum Gasteiger partial charge on any atom is -0.465 e. The van der Waals surface area contributed by atoms with Gasteiger partial charge in [-0.05, 0) is 42.8 Å². The first-order valence-electron chi connectivity index (χ1n) is 5.96. The molecule has 0 aliphatic carbocycles. The van der Waals surface area contributed by atoms with Gasteiger partial charge in [0.15, 0.2) is 11.1 Å². The smallest absolute Gasteiger partial charge is 0.337 e. The normalized spacial score (nSPS) is 12.2. The van der Waals surface area contributed by atoms with Crippen molar-refractivity contribution in [3.05, 3.63) is 53.3 Å². The summed E-state index contributed by atoms with van der Waals surface area (Å²) in [7, 11) is 1.30. The highest BCUT2D eigenvalue weighted by atomic mass is 32.2. The van der Waals surface area contributed by atoms with Crippen molar-refractivity contribution in [2.45, 2.75) is 12.7 Å². The zero-order valence-corrected chi connectivity index (χ0v) is 12.0. The first-order chi connectivity index (χ1) is 9.52. The Labute approximate surface area is 119 Å². The number of carbonyl (C=O) groups is 1. The fourth-order valence-electron chi connectivity index (χ4n) is 2.05. The molecule has 0 bridgehead atoms. The summed E-state index contributed by atoms with van der Waals surface area (Å²) in [5, 5.41) is 0. The van der Waals surface area contributed by atoms with Crippen molar-refractivity contribution in [2.24, 2.45) is 0 Å². The molecule has 0 spiro atoms. The minimum absolute atomic E-state index is 0.0439. The van der Waals surface area contributed by atoms with Gasteiger partial charge in [0.05, 0.1) is 18.4 Å². The van der Waals surface area contributed by atoms with Gasteiger partial charge in [0, 0.05) is 17.6 Å². The molecule has 1 atom stereocenters. The number of methoxy groups -OCH3 is 1. The zero-order valence-electron chi connectivity index (χ0n) is 11.2. The van der Waals surface area contributed by atoms with E-state index >= 15 is 0 Å². The van der Waals surface area contributed by atoms with E-state index in [1.165, 1.54) is 7.11 Å². The summed E-state index contributed by atoms with van der Waals surface area (Å²) in [5.74, 6) is -0.511. The van der Waals surface area contributed by atoms with Crippen LogP contribution < -0.4 is 0 Å². The van der Waals surface area contributed by atoms with Crippen molar-refractivity contribution in [3.8, 4) is 5.69 Å². The van der Waals surface area contributed by atoms with Crippen LogP contribution in [0.5, 0.6) is 0 Å². The van der Waals surface area contributed by atoms with Crippen LogP contribution in [-0.4, -0.2) is 26.4 Å². The van der Waals surface area contributed by atoms with E-state index in [0.29, 0.717) is 11.1 Å². The number of nitrogens with zero attached hydrogens (tertiary/aromatic N) is 1. The summed E-state index contributed by atoms with van der Waals surface area (Å²) in [6, 6.07) is 8.82. The number of aromatic nitrogens is 1. The number of benzene rings is 1. The van der Waals surface area contributed by atoms with Gasteiger partial charge < -0.3 is 13.9 Å². The van der Waals surface area contributed by atoms with Crippen molar-refractivity contribution in [1.82, 2.24) is 4.57 Å². The lowest BCUT2D eigenvalue weighted by Gasteiger charge is -2.13. The van der Waals surface area contributed by atoms with Gasteiger partial charge in [-0.1, -0.05) is 0 Å². The molecule has 0 amide bonds. The molecule has 2 aromatic rings. The summed E-state index contributed by atoms with van der Waals surface area (Å²) in [4.78, 5) is 11.5. The van der Waals surface area contributed by atoms with Crippen LogP contribution in [0.4, 0.5) is 0 Å². The van der Waals surface area contributed by atoms with E-state index in [2.05, 4.69) is 4.74 Å². The highest BCUT2D eigenvalue weighted by Crippen LogP contribution is 2.21. The molecule has 5 nitrogen and oxygen atoms in total. The average Bonchev–Trinajstić information content (AvgIpc) is 2.83. The van der Waals surface area contributed by atoms with Crippen molar-refractivity contribution in [3.63, 3.8) is 0 Å². The first kappa shape index (κ1) is 14.5. The van der Waals surface area contributed by atoms with Gasteiger partial charge in [-0.25, -0.2) is 9.00 Å². The molecule has 1 unspecified atom stereocenters. The largest absolute Gasteiger partial charge is 0.465 e. The van der Waals surface area contributed by atoms with Crippen molar-refractivity contribution in [1.29, 1.82) is 0 Å². The Bertz CT molecular complexity index is 663. The van der Waals surface area contributed by atoms with Crippen LogP contribution >= 0.6 is 0 Å². The molecule has 1 N–H and O–H groups in total. The third-order valence-corrected chi connectivity index (χ3v) is 3.55. The number of esters is 1. The molecule has 1 aromatic carbocycles. The Morgan fingerprint density at radius 3 is 2.70 bits per heavy atom. The van der Waals surface area contributed by atoms with Crippen LogP contribution in [0, 0.1) is 6.92 Å². The number of carbonyl (C=O) groups excluding carboxylic acids is 1. The van der Waals surface area contributed by atoms with Crippen LogP contribution in [0.25, 0.3) is 5.69 Å². The lowest BCUT2D eigenvalue weighted by atomic mass is 10.1. The number of hydrogen-bond donors (Lipinski definition) is 1.